The summed E-state index contributed by atoms with van der Waals surface area (Å²) in [4.78, 5) is 14.3. The molecule has 0 aliphatic carbocycles. The third kappa shape index (κ3) is 3.33. The predicted octanol–water partition coefficient (Wildman–Crippen LogP) is 0.649. The van der Waals surface area contributed by atoms with E-state index in [4.69, 9.17) is 0 Å². The van der Waals surface area contributed by atoms with Gasteiger partial charge >= 0.3 is 0 Å². The zero-order valence-corrected chi connectivity index (χ0v) is 11.9. The lowest BCUT2D eigenvalue weighted by molar-refractivity contribution is -0.117. The third-order valence-electron chi connectivity index (χ3n) is 3.70. The summed E-state index contributed by atoms with van der Waals surface area (Å²) >= 11 is 0. The number of H-pyrrole nitrogens is 1. The van der Waals surface area contributed by atoms with Crippen molar-refractivity contribution in [2.45, 2.75) is 33.2 Å². The second-order valence-corrected chi connectivity index (χ2v) is 5.07. The molecule has 3 N–H and O–H groups in total. The fraction of sp³-hybridized carbons (Fsp3) is 0.692. The van der Waals surface area contributed by atoms with Crippen molar-refractivity contribution in [3.63, 3.8) is 0 Å². The molecule has 0 saturated carbocycles. The number of amides is 1. The molecule has 1 unspecified atom stereocenters. The van der Waals surface area contributed by atoms with Crippen LogP contribution in [0.4, 0.5) is 5.69 Å². The van der Waals surface area contributed by atoms with Crippen molar-refractivity contribution >= 4 is 11.6 Å². The Labute approximate surface area is 113 Å². The predicted molar refractivity (Wildman–Crippen MR) is 75.2 cm³/mol. The van der Waals surface area contributed by atoms with Crippen LogP contribution in [0.1, 0.15) is 24.7 Å². The van der Waals surface area contributed by atoms with Crippen molar-refractivity contribution in [1.82, 2.24) is 20.4 Å². The molecule has 2 heterocycles. The number of carbonyl (C=O) groups is 1. The minimum atomic E-state index is 0.0290. The molecule has 1 amide bonds. The van der Waals surface area contributed by atoms with Gasteiger partial charge in [-0.1, -0.05) is 6.92 Å². The van der Waals surface area contributed by atoms with E-state index in [1.807, 2.05) is 13.8 Å². The maximum atomic E-state index is 12.1. The van der Waals surface area contributed by atoms with Crippen LogP contribution in [0.25, 0.3) is 0 Å². The van der Waals surface area contributed by atoms with Crippen molar-refractivity contribution in [2.24, 2.45) is 0 Å². The Morgan fingerprint density at radius 2 is 2.32 bits per heavy atom. The zero-order chi connectivity index (χ0) is 13.8. The van der Waals surface area contributed by atoms with Gasteiger partial charge in [0.15, 0.2) is 0 Å². The molecule has 106 valence electrons. The molecule has 0 radical (unpaired) electrons. The van der Waals surface area contributed by atoms with E-state index < -0.39 is 0 Å². The highest BCUT2D eigenvalue weighted by molar-refractivity contribution is 5.93. The van der Waals surface area contributed by atoms with E-state index in [0.717, 1.165) is 43.1 Å². The van der Waals surface area contributed by atoms with Gasteiger partial charge in [0, 0.05) is 12.6 Å². The van der Waals surface area contributed by atoms with Gasteiger partial charge in [-0.15, -0.1) is 0 Å². The SMILES string of the molecule is CCN(CC(=O)Nc1c(C)n[nH]c1C)C1CCNC1. The smallest absolute Gasteiger partial charge is 0.238 e. The lowest BCUT2D eigenvalue weighted by Crippen LogP contribution is -2.41. The molecule has 0 bridgehead atoms. The molecule has 0 spiro atoms. The highest BCUT2D eigenvalue weighted by atomic mass is 16.2. The largest absolute Gasteiger partial charge is 0.322 e. The van der Waals surface area contributed by atoms with Crippen molar-refractivity contribution in [2.75, 3.05) is 31.5 Å². The first-order valence-electron chi connectivity index (χ1n) is 6.88. The number of rotatable bonds is 5. The normalized spacial score (nSPS) is 19.1. The molecule has 1 aromatic rings. The Balaban J connectivity index is 1.92. The van der Waals surface area contributed by atoms with Gasteiger partial charge in [-0.05, 0) is 33.4 Å². The first-order chi connectivity index (χ1) is 9.11. The summed E-state index contributed by atoms with van der Waals surface area (Å²) in [5.41, 5.74) is 2.54. The van der Waals surface area contributed by atoms with Gasteiger partial charge in [0.25, 0.3) is 0 Å². The molecule has 1 aliphatic rings. The monoisotopic (exact) mass is 265 g/mol. The Kier molecular flexibility index (Phi) is 4.55. The van der Waals surface area contributed by atoms with Gasteiger partial charge in [0.1, 0.15) is 0 Å². The van der Waals surface area contributed by atoms with E-state index in [9.17, 15) is 4.79 Å². The topological polar surface area (TPSA) is 73.0 Å². The maximum absolute atomic E-state index is 12.1. The number of nitrogens with one attached hydrogen (secondary N) is 3. The zero-order valence-electron chi connectivity index (χ0n) is 11.9. The maximum Gasteiger partial charge on any atom is 0.238 e. The van der Waals surface area contributed by atoms with Crippen LogP contribution >= 0.6 is 0 Å². The number of carbonyl (C=O) groups excluding carboxylic acids is 1. The van der Waals surface area contributed by atoms with Gasteiger partial charge in [0.05, 0.1) is 23.6 Å². The lowest BCUT2D eigenvalue weighted by Gasteiger charge is -2.26. The summed E-state index contributed by atoms with van der Waals surface area (Å²) in [6.07, 6.45) is 1.12. The first kappa shape index (κ1) is 14.0. The fourth-order valence-corrected chi connectivity index (χ4v) is 2.55. The van der Waals surface area contributed by atoms with E-state index in [1.165, 1.54) is 0 Å². The molecule has 2 rings (SSSR count). The van der Waals surface area contributed by atoms with Gasteiger partial charge in [-0.3, -0.25) is 14.8 Å². The van der Waals surface area contributed by atoms with Gasteiger partial charge in [-0.25, -0.2) is 0 Å². The Morgan fingerprint density at radius 1 is 1.53 bits per heavy atom. The molecule has 0 aromatic carbocycles. The van der Waals surface area contributed by atoms with E-state index in [1.54, 1.807) is 0 Å². The number of likely N-dealkylation sites (N-methyl/N-ethyl adjacent to an activating group) is 1. The lowest BCUT2D eigenvalue weighted by atomic mass is 10.2. The minimum absolute atomic E-state index is 0.0290. The number of hydrogen-bond acceptors (Lipinski definition) is 4. The van der Waals surface area contributed by atoms with Crippen LogP contribution in [0.2, 0.25) is 0 Å². The quantitative estimate of drug-likeness (QED) is 0.731. The molecule has 1 saturated heterocycles. The summed E-state index contributed by atoms with van der Waals surface area (Å²) in [6, 6.07) is 0.474. The standard InChI is InChI=1S/C13H23N5O/c1-4-18(11-5-6-14-7-11)8-12(19)15-13-9(2)16-17-10(13)3/h11,14H,4-8H2,1-3H3,(H,15,19)(H,16,17). The van der Waals surface area contributed by atoms with Crippen molar-refractivity contribution in [3.8, 4) is 0 Å². The number of aromatic amines is 1. The molecule has 1 aromatic heterocycles. The van der Waals surface area contributed by atoms with Crippen molar-refractivity contribution in [3.05, 3.63) is 11.4 Å². The second kappa shape index (κ2) is 6.16. The first-order valence-corrected chi connectivity index (χ1v) is 6.88. The van der Waals surface area contributed by atoms with Crippen LogP contribution < -0.4 is 10.6 Å². The van der Waals surface area contributed by atoms with Crippen LogP contribution in [-0.4, -0.2) is 53.2 Å². The number of aromatic nitrogens is 2. The summed E-state index contributed by atoms with van der Waals surface area (Å²) in [5, 5.41) is 13.2. The van der Waals surface area contributed by atoms with Gasteiger partial charge < -0.3 is 10.6 Å². The van der Waals surface area contributed by atoms with Crippen LogP contribution in [0, 0.1) is 13.8 Å². The molecule has 6 nitrogen and oxygen atoms in total. The average molecular weight is 265 g/mol. The Morgan fingerprint density at radius 3 is 2.84 bits per heavy atom. The van der Waals surface area contributed by atoms with E-state index >= 15 is 0 Å². The van der Waals surface area contributed by atoms with Crippen LogP contribution in [-0.2, 0) is 4.79 Å². The van der Waals surface area contributed by atoms with Crippen molar-refractivity contribution < 1.29 is 4.79 Å². The van der Waals surface area contributed by atoms with Crippen LogP contribution in [0.15, 0.2) is 0 Å². The molecule has 1 fully saturated rings. The highest BCUT2D eigenvalue weighted by Gasteiger charge is 2.23. The van der Waals surface area contributed by atoms with Gasteiger partial charge in [0.2, 0.25) is 5.91 Å². The summed E-state index contributed by atoms with van der Waals surface area (Å²) < 4.78 is 0. The minimum Gasteiger partial charge on any atom is -0.322 e. The molecule has 1 atom stereocenters. The highest BCUT2D eigenvalue weighted by Crippen LogP contribution is 2.16. The molecule has 19 heavy (non-hydrogen) atoms. The number of anilines is 1. The number of nitrogens with zero attached hydrogens (tertiary/aromatic N) is 2. The Hall–Kier alpha value is -1.40. The molecule has 6 heteroatoms. The van der Waals surface area contributed by atoms with Gasteiger partial charge in [-0.2, -0.15) is 5.10 Å². The summed E-state index contributed by atoms with van der Waals surface area (Å²) in [6.45, 7) is 9.25. The number of hydrogen-bond donors (Lipinski definition) is 3. The molecular formula is C13H23N5O. The van der Waals surface area contributed by atoms with E-state index in [-0.39, 0.29) is 5.91 Å². The third-order valence-corrected chi connectivity index (χ3v) is 3.70. The number of aryl methyl sites for hydroxylation is 2. The molecule has 1 aliphatic heterocycles. The molecular weight excluding hydrogens is 242 g/mol. The second-order valence-electron chi connectivity index (χ2n) is 5.07. The average Bonchev–Trinajstić information content (AvgIpc) is 3.01. The Bertz CT molecular complexity index is 417. The van der Waals surface area contributed by atoms with E-state index in [2.05, 4.69) is 32.7 Å². The van der Waals surface area contributed by atoms with Crippen molar-refractivity contribution in [1.29, 1.82) is 0 Å². The van der Waals surface area contributed by atoms with Crippen LogP contribution in [0.3, 0.4) is 0 Å². The fourth-order valence-electron chi connectivity index (χ4n) is 2.55. The summed E-state index contributed by atoms with van der Waals surface area (Å²) in [5.74, 6) is 0.0290. The van der Waals surface area contributed by atoms with Crippen LogP contribution in [0.5, 0.6) is 0 Å². The van der Waals surface area contributed by atoms with E-state index in [0.29, 0.717) is 12.6 Å². The summed E-state index contributed by atoms with van der Waals surface area (Å²) in [7, 11) is 0.